The number of nitrogens with one attached hydrogen (secondary N) is 1. The third-order valence-corrected chi connectivity index (χ3v) is 3.50. The summed E-state index contributed by atoms with van der Waals surface area (Å²) in [6.45, 7) is 2.25. The van der Waals surface area contributed by atoms with Gasteiger partial charge in [-0.2, -0.15) is 11.3 Å². The molecule has 2 rings (SSSR count). The minimum atomic E-state index is 0.0883. The van der Waals surface area contributed by atoms with Crippen molar-refractivity contribution in [3.8, 4) is 0 Å². The lowest BCUT2D eigenvalue weighted by molar-refractivity contribution is 0.0938. The predicted molar refractivity (Wildman–Crippen MR) is 58.6 cm³/mol. The summed E-state index contributed by atoms with van der Waals surface area (Å²) >= 11 is 1.57. The second-order valence-electron chi connectivity index (χ2n) is 4.10. The first kappa shape index (κ1) is 9.71. The molecule has 1 aliphatic rings. The molecule has 1 N–H and O–H groups in total. The normalized spacial score (nSPS) is 26.4. The lowest BCUT2D eigenvalue weighted by Gasteiger charge is -2.11. The van der Waals surface area contributed by atoms with Crippen LogP contribution in [0.25, 0.3) is 0 Å². The maximum absolute atomic E-state index is 11.7. The highest BCUT2D eigenvalue weighted by molar-refractivity contribution is 7.08. The average Bonchev–Trinajstić information content (AvgIpc) is 2.75. The molecule has 2 nitrogen and oxygen atoms in total. The Morgan fingerprint density at radius 1 is 1.57 bits per heavy atom. The summed E-state index contributed by atoms with van der Waals surface area (Å²) in [5.41, 5.74) is 0.801. The van der Waals surface area contributed by atoms with Crippen molar-refractivity contribution < 1.29 is 4.79 Å². The first-order valence-corrected chi connectivity index (χ1v) is 6.03. The van der Waals surface area contributed by atoms with Crippen LogP contribution in [0.2, 0.25) is 0 Å². The van der Waals surface area contributed by atoms with Gasteiger partial charge in [-0.3, -0.25) is 4.79 Å². The predicted octanol–water partition coefficient (Wildman–Crippen LogP) is 2.67. The van der Waals surface area contributed by atoms with E-state index in [9.17, 15) is 4.79 Å². The van der Waals surface area contributed by atoms with Crippen molar-refractivity contribution in [2.45, 2.75) is 32.2 Å². The lowest BCUT2D eigenvalue weighted by Crippen LogP contribution is -2.32. The van der Waals surface area contributed by atoms with Crippen LogP contribution in [0.15, 0.2) is 16.8 Å². The molecule has 2 atom stereocenters. The van der Waals surface area contributed by atoms with Crippen molar-refractivity contribution in [2.75, 3.05) is 0 Å². The first-order chi connectivity index (χ1) is 6.75. The van der Waals surface area contributed by atoms with Gasteiger partial charge in [-0.05, 0) is 36.6 Å². The molecular weight excluding hydrogens is 194 g/mol. The van der Waals surface area contributed by atoms with Gasteiger partial charge in [-0.25, -0.2) is 0 Å². The molecule has 1 heterocycles. The number of carbonyl (C=O) groups is 1. The van der Waals surface area contributed by atoms with E-state index in [0.29, 0.717) is 6.04 Å². The van der Waals surface area contributed by atoms with Gasteiger partial charge < -0.3 is 5.32 Å². The number of carbonyl (C=O) groups excluding carboxylic acids is 1. The number of thiophene rings is 1. The maximum Gasteiger partial charge on any atom is 0.252 e. The molecule has 2 unspecified atom stereocenters. The quantitative estimate of drug-likeness (QED) is 0.797. The second-order valence-corrected chi connectivity index (χ2v) is 4.88. The highest BCUT2D eigenvalue weighted by Crippen LogP contribution is 2.24. The van der Waals surface area contributed by atoms with Crippen LogP contribution in [0.5, 0.6) is 0 Å². The molecule has 0 aromatic carbocycles. The van der Waals surface area contributed by atoms with Crippen LogP contribution < -0.4 is 5.32 Å². The molecule has 0 saturated heterocycles. The van der Waals surface area contributed by atoms with Gasteiger partial charge in [0.15, 0.2) is 0 Å². The van der Waals surface area contributed by atoms with Crippen LogP contribution in [-0.4, -0.2) is 11.9 Å². The van der Waals surface area contributed by atoms with Crippen LogP contribution in [0.4, 0.5) is 0 Å². The van der Waals surface area contributed by atoms with Gasteiger partial charge in [0.1, 0.15) is 0 Å². The molecule has 0 spiro atoms. The fraction of sp³-hybridized carbons (Fsp3) is 0.545. The monoisotopic (exact) mass is 209 g/mol. The summed E-state index contributed by atoms with van der Waals surface area (Å²) in [6.07, 6.45) is 3.52. The van der Waals surface area contributed by atoms with E-state index in [1.165, 1.54) is 6.42 Å². The zero-order chi connectivity index (χ0) is 9.97. The fourth-order valence-electron chi connectivity index (χ4n) is 2.00. The molecule has 1 aromatic rings. The van der Waals surface area contributed by atoms with Gasteiger partial charge in [-0.1, -0.05) is 6.92 Å². The molecule has 3 heteroatoms. The van der Waals surface area contributed by atoms with Crippen LogP contribution in [-0.2, 0) is 0 Å². The Hall–Kier alpha value is -0.830. The molecule has 1 saturated carbocycles. The van der Waals surface area contributed by atoms with Crippen molar-refractivity contribution in [3.63, 3.8) is 0 Å². The zero-order valence-electron chi connectivity index (χ0n) is 8.32. The third kappa shape index (κ3) is 2.15. The Kier molecular flexibility index (Phi) is 2.87. The molecule has 1 amide bonds. The van der Waals surface area contributed by atoms with E-state index >= 15 is 0 Å². The first-order valence-electron chi connectivity index (χ1n) is 5.09. The highest BCUT2D eigenvalue weighted by atomic mass is 32.1. The summed E-state index contributed by atoms with van der Waals surface area (Å²) in [4.78, 5) is 11.7. The highest BCUT2D eigenvalue weighted by Gasteiger charge is 2.22. The molecular formula is C11H15NOS. The van der Waals surface area contributed by atoms with Crippen LogP contribution in [0.1, 0.15) is 36.5 Å². The van der Waals surface area contributed by atoms with E-state index in [0.717, 1.165) is 24.3 Å². The zero-order valence-corrected chi connectivity index (χ0v) is 9.14. The summed E-state index contributed by atoms with van der Waals surface area (Å²) in [5.74, 6) is 0.855. The van der Waals surface area contributed by atoms with Gasteiger partial charge in [0.25, 0.3) is 5.91 Å². The Morgan fingerprint density at radius 3 is 3.00 bits per heavy atom. The van der Waals surface area contributed by atoms with E-state index in [2.05, 4.69) is 12.2 Å². The van der Waals surface area contributed by atoms with Crippen molar-refractivity contribution >= 4 is 17.2 Å². The minimum Gasteiger partial charge on any atom is -0.349 e. The van der Waals surface area contributed by atoms with E-state index in [4.69, 9.17) is 0 Å². The Labute approximate surface area is 88.3 Å². The Bertz CT molecular complexity index is 307. The van der Waals surface area contributed by atoms with Gasteiger partial charge in [0.05, 0.1) is 0 Å². The summed E-state index contributed by atoms with van der Waals surface area (Å²) in [6, 6.07) is 2.27. The summed E-state index contributed by atoms with van der Waals surface area (Å²) < 4.78 is 0. The molecule has 14 heavy (non-hydrogen) atoms. The third-order valence-electron chi connectivity index (χ3n) is 2.81. The second kappa shape index (κ2) is 4.13. The fourth-order valence-corrected chi connectivity index (χ4v) is 2.64. The smallest absolute Gasteiger partial charge is 0.252 e. The summed E-state index contributed by atoms with van der Waals surface area (Å²) in [7, 11) is 0. The van der Waals surface area contributed by atoms with Gasteiger partial charge in [0, 0.05) is 17.0 Å². The van der Waals surface area contributed by atoms with Crippen molar-refractivity contribution in [1.29, 1.82) is 0 Å². The standard InChI is InChI=1S/C11H15NOS/c1-8-2-3-10(6-8)12-11(13)9-4-5-14-7-9/h4-5,7-8,10H,2-3,6H2,1H3,(H,12,13). The Morgan fingerprint density at radius 2 is 2.43 bits per heavy atom. The molecule has 1 aromatic heterocycles. The van der Waals surface area contributed by atoms with Crippen molar-refractivity contribution in [1.82, 2.24) is 5.32 Å². The number of rotatable bonds is 2. The number of amides is 1. The van der Waals surface area contributed by atoms with Gasteiger partial charge in [-0.15, -0.1) is 0 Å². The van der Waals surface area contributed by atoms with Gasteiger partial charge in [0.2, 0.25) is 0 Å². The van der Waals surface area contributed by atoms with E-state index < -0.39 is 0 Å². The van der Waals surface area contributed by atoms with E-state index in [-0.39, 0.29) is 5.91 Å². The molecule has 0 radical (unpaired) electrons. The largest absolute Gasteiger partial charge is 0.349 e. The van der Waals surface area contributed by atoms with E-state index in [1.807, 2.05) is 16.8 Å². The molecule has 1 fully saturated rings. The average molecular weight is 209 g/mol. The molecule has 0 aliphatic heterocycles. The van der Waals surface area contributed by atoms with E-state index in [1.54, 1.807) is 11.3 Å². The van der Waals surface area contributed by atoms with Crippen LogP contribution in [0.3, 0.4) is 0 Å². The van der Waals surface area contributed by atoms with Crippen LogP contribution in [0, 0.1) is 5.92 Å². The SMILES string of the molecule is CC1CCC(NC(=O)c2ccsc2)C1. The summed E-state index contributed by atoms with van der Waals surface area (Å²) in [5, 5.41) is 6.91. The number of hydrogen-bond donors (Lipinski definition) is 1. The topological polar surface area (TPSA) is 29.1 Å². The minimum absolute atomic E-state index is 0.0883. The lowest BCUT2D eigenvalue weighted by atomic mass is 10.1. The van der Waals surface area contributed by atoms with Crippen molar-refractivity contribution in [3.05, 3.63) is 22.4 Å². The molecule has 1 aliphatic carbocycles. The van der Waals surface area contributed by atoms with Crippen LogP contribution >= 0.6 is 11.3 Å². The molecule has 76 valence electrons. The maximum atomic E-state index is 11.7. The van der Waals surface area contributed by atoms with Crippen molar-refractivity contribution in [2.24, 2.45) is 5.92 Å². The Balaban J connectivity index is 1.89. The van der Waals surface area contributed by atoms with Gasteiger partial charge >= 0.3 is 0 Å². The molecule has 0 bridgehead atoms. The number of hydrogen-bond acceptors (Lipinski definition) is 2.